The molecule has 4 rings (SSSR count). The summed E-state index contributed by atoms with van der Waals surface area (Å²) < 4.78 is 38.4. The van der Waals surface area contributed by atoms with Crippen LogP contribution < -0.4 is 10.6 Å². The standard InChI is InChI=1S/C21H22FN3O4S/c22-16-5-3-4-14(10-16)12-30(28,29)13-19-20(26)24-18-11-15(6-7-17(18)23-19)21(27)25-8-1-2-9-25/h3-7,10-11,19,23H,1-2,8-9,12-13H2,(H,24,26). The van der Waals surface area contributed by atoms with Gasteiger partial charge in [0.05, 0.1) is 22.9 Å². The molecular formula is C21H22FN3O4S. The van der Waals surface area contributed by atoms with Crippen molar-refractivity contribution in [1.82, 2.24) is 4.90 Å². The van der Waals surface area contributed by atoms with Gasteiger partial charge in [-0.05, 0) is 48.7 Å². The van der Waals surface area contributed by atoms with E-state index < -0.39 is 33.4 Å². The van der Waals surface area contributed by atoms with Crippen LogP contribution in [0.1, 0.15) is 28.8 Å². The van der Waals surface area contributed by atoms with E-state index in [1.165, 1.54) is 24.3 Å². The summed E-state index contributed by atoms with van der Waals surface area (Å²) in [7, 11) is -3.67. The third-order valence-corrected chi connectivity index (χ3v) is 6.87. The Hall–Kier alpha value is -2.94. The average Bonchev–Trinajstić information content (AvgIpc) is 3.22. The van der Waals surface area contributed by atoms with E-state index in [0.29, 0.717) is 22.5 Å². The number of rotatable bonds is 5. The van der Waals surface area contributed by atoms with Crippen molar-refractivity contribution in [2.75, 3.05) is 29.5 Å². The Morgan fingerprint density at radius 1 is 1.10 bits per heavy atom. The van der Waals surface area contributed by atoms with E-state index in [9.17, 15) is 22.4 Å². The molecule has 7 nitrogen and oxygen atoms in total. The van der Waals surface area contributed by atoms with E-state index in [0.717, 1.165) is 25.9 Å². The van der Waals surface area contributed by atoms with Crippen molar-refractivity contribution in [1.29, 1.82) is 0 Å². The van der Waals surface area contributed by atoms with Crippen molar-refractivity contribution in [3.05, 3.63) is 59.4 Å². The quantitative estimate of drug-likeness (QED) is 0.758. The van der Waals surface area contributed by atoms with Gasteiger partial charge < -0.3 is 15.5 Å². The van der Waals surface area contributed by atoms with E-state index in [1.54, 1.807) is 23.1 Å². The van der Waals surface area contributed by atoms with Crippen molar-refractivity contribution in [2.24, 2.45) is 0 Å². The molecule has 1 unspecified atom stereocenters. The van der Waals surface area contributed by atoms with Gasteiger partial charge in [0.2, 0.25) is 5.91 Å². The van der Waals surface area contributed by atoms with E-state index in [4.69, 9.17) is 0 Å². The number of carbonyl (C=O) groups excluding carboxylic acids is 2. The van der Waals surface area contributed by atoms with Gasteiger partial charge in [-0.25, -0.2) is 12.8 Å². The van der Waals surface area contributed by atoms with E-state index in [2.05, 4.69) is 10.6 Å². The van der Waals surface area contributed by atoms with Crippen LogP contribution in [0.2, 0.25) is 0 Å². The molecule has 30 heavy (non-hydrogen) atoms. The van der Waals surface area contributed by atoms with Crippen molar-refractivity contribution in [2.45, 2.75) is 24.6 Å². The van der Waals surface area contributed by atoms with Crippen LogP contribution >= 0.6 is 0 Å². The molecule has 2 aliphatic heterocycles. The maximum absolute atomic E-state index is 13.3. The number of benzene rings is 2. The summed E-state index contributed by atoms with van der Waals surface area (Å²) in [6.45, 7) is 1.46. The summed E-state index contributed by atoms with van der Waals surface area (Å²) in [4.78, 5) is 26.8. The normalized spacial score (nSPS) is 18.5. The summed E-state index contributed by atoms with van der Waals surface area (Å²) >= 11 is 0. The molecule has 9 heteroatoms. The molecule has 0 spiro atoms. The molecule has 1 fully saturated rings. The van der Waals surface area contributed by atoms with Crippen molar-refractivity contribution in [3.63, 3.8) is 0 Å². The number of hydrogen-bond acceptors (Lipinski definition) is 5. The Balaban J connectivity index is 1.47. The van der Waals surface area contributed by atoms with Gasteiger partial charge in [-0.15, -0.1) is 0 Å². The topological polar surface area (TPSA) is 95.6 Å². The summed E-state index contributed by atoms with van der Waals surface area (Å²) in [5, 5.41) is 5.64. The smallest absolute Gasteiger partial charge is 0.253 e. The molecule has 2 aromatic carbocycles. The van der Waals surface area contributed by atoms with E-state index in [1.807, 2.05) is 0 Å². The Bertz CT molecular complexity index is 1100. The number of halogens is 1. The highest BCUT2D eigenvalue weighted by molar-refractivity contribution is 7.90. The molecule has 0 aliphatic carbocycles. The molecule has 0 bridgehead atoms. The summed E-state index contributed by atoms with van der Waals surface area (Å²) in [6, 6.07) is 9.36. The second-order valence-electron chi connectivity index (χ2n) is 7.63. The second kappa shape index (κ2) is 8.06. The number of sulfone groups is 1. The lowest BCUT2D eigenvalue weighted by molar-refractivity contribution is -0.116. The molecule has 2 aromatic rings. The Labute approximate surface area is 174 Å². The monoisotopic (exact) mass is 431 g/mol. The fourth-order valence-electron chi connectivity index (χ4n) is 3.79. The van der Waals surface area contributed by atoms with Gasteiger partial charge in [0.15, 0.2) is 9.84 Å². The summed E-state index contributed by atoms with van der Waals surface area (Å²) in [5.41, 5.74) is 1.81. The second-order valence-corrected chi connectivity index (χ2v) is 9.74. The molecular weight excluding hydrogens is 409 g/mol. The maximum Gasteiger partial charge on any atom is 0.253 e. The molecule has 1 atom stereocenters. The Kier molecular flexibility index (Phi) is 5.46. The van der Waals surface area contributed by atoms with Crippen LogP contribution in [-0.4, -0.2) is 50.0 Å². The van der Waals surface area contributed by atoms with E-state index in [-0.39, 0.29) is 11.7 Å². The number of fused-ring (bicyclic) bond motifs is 1. The Morgan fingerprint density at radius 3 is 2.60 bits per heavy atom. The molecule has 0 saturated carbocycles. The number of amides is 2. The first-order chi connectivity index (χ1) is 14.3. The van der Waals surface area contributed by atoms with Gasteiger partial charge in [-0.2, -0.15) is 0 Å². The largest absolute Gasteiger partial charge is 0.371 e. The number of hydrogen-bond donors (Lipinski definition) is 2. The van der Waals surface area contributed by atoms with E-state index >= 15 is 0 Å². The number of nitrogens with one attached hydrogen (secondary N) is 2. The van der Waals surface area contributed by atoms with Crippen LogP contribution in [0.5, 0.6) is 0 Å². The van der Waals surface area contributed by atoms with Crippen LogP contribution in [0.3, 0.4) is 0 Å². The number of nitrogens with zero attached hydrogens (tertiary/aromatic N) is 1. The molecule has 0 aromatic heterocycles. The number of likely N-dealkylation sites (tertiary alicyclic amines) is 1. The van der Waals surface area contributed by atoms with Gasteiger partial charge in [-0.3, -0.25) is 9.59 Å². The lowest BCUT2D eigenvalue weighted by Crippen LogP contribution is -2.43. The highest BCUT2D eigenvalue weighted by Crippen LogP contribution is 2.29. The molecule has 2 amide bonds. The highest BCUT2D eigenvalue weighted by Gasteiger charge is 2.31. The van der Waals surface area contributed by atoms with Crippen molar-refractivity contribution < 1.29 is 22.4 Å². The fourth-order valence-corrected chi connectivity index (χ4v) is 5.34. The third-order valence-electron chi connectivity index (χ3n) is 5.26. The first kappa shape index (κ1) is 20.3. The fraction of sp³-hybridized carbons (Fsp3) is 0.333. The van der Waals surface area contributed by atoms with Gasteiger partial charge in [0, 0.05) is 18.7 Å². The number of carbonyl (C=O) groups is 2. The van der Waals surface area contributed by atoms with Gasteiger partial charge in [0.1, 0.15) is 11.9 Å². The zero-order valence-electron chi connectivity index (χ0n) is 16.2. The lowest BCUT2D eigenvalue weighted by atomic mass is 10.1. The lowest BCUT2D eigenvalue weighted by Gasteiger charge is -2.27. The van der Waals surface area contributed by atoms with Crippen LogP contribution in [0.4, 0.5) is 15.8 Å². The minimum Gasteiger partial charge on any atom is -0.371 e. The van der Waals surface area contributed by atoms with Gasteiger partial charge in [-0.1, -0.05) is 12.1 Å². The molecule has 0 radical (unpaired) electrons. The van der Waals surface area contributed by atoms with Crippen LogP contribution in [-0.2, 0) is 20.4 Å². The van der Waals surface area contributed by atoms with Gasteiger partial charge >= 0.3 is 0 Å². The summed E-state index contributed by atoms with van der Waals surface area (Å²) in [5.74, 6) is -1.86. The zero-order chi connectivity index (χ0) is 21.3. The van der Waals surface area contributed by atoms with Crippen LogP contribution in [0, 0.1) is 5.82 Å². The predicted octanol–water partition coefficient (Wildman–Crippen LogP) is 2.41. The summed E-state index contributed by atoms with van der Waals surface area (Å²) in [6.07, 6.45) is 1.97. The van der Waals surface area contributed by atoms with Gasteiger partial charge in [0.25, 0.3) is 5.91 Å². The predicted molar refractivity (Wildman–Crippen MR) is 112 cm³/mol. The Morgan fingerprint density at radius 2 is 1.87 bits per heavy atom. The highest BCUT2D eigenvalue weighted by atomic mass is 32.2. The average molecular weight is 431 g/mol. The van der Waals surface area contributed by atoms with Crippen LogP contribution in [0.25, 0.3) is 0 Å². The number of anilines is 2. The minimum absolute atomic E-state index is 0.0793. The molecule has 1 saturated heterocycles. The van der Waals surface area contributed by atoms with Crippen molar-refractivity contribution in [3.8, 4) is 0 Å². The third kappa shape index (κ3) is 4.46. The minimum atomic E-state index is -3.67. The first-order valence-electron chi connectivity index (χ1n) is 9.76. The zero-order valence-corrected chi connectivity index (χ0v) is 17.0. The molecule has 2 aliphatic rings. The van der Waals surface area contributed by atoms with Crippen molar-refractivity contribution >= 4 is 33.0 Å². The maximum atomic E-state index is 13.3. The first-order valence-corrected chi connectivity index (χ1v) is 11.6. The molecule has 2 heterocycles. The SMILES string of the molecule is O=C1Nc2cc(C(=O)N3CCCC3)ccc2NC1CS(=O)(=O)Cc1cccc(F)c1. The molecule has 158 valence electrons. The molecule has 2 N–H and O–H groups in total. The van der Waals surface area contributed by atoms with Crippen LogP contribution in [0.15, 0.2) is 42.5 Å².